The van der Waals surface area contributed by atoms with Crippen LogP contribution in [0.5, 0.6) is 0 Å². The van der Waals surface area contributed by atoms with Gasteiger partial charge in [-0.1, -0.05) is 23.2 Å². The van der Waals surface area contributed by atoms with E-state index < -0.39 is 33.1 Å². The van der Waals surface area contributed by atoms with Crippen molar-refractivity contribution in [1.82, 2.24) is 0 Å². The summed E-state index contributed by atoms with van der Waals surface area (Å²) in [5.41, 5.74) is 0. The maximum absolute atomic E-state index is 10.8. The second-order valence-electron chi connectivity index (χ2n) is 1.98. The summed E-state index contributed by atoms with van der Waals surface area (Å²) >= 11 is 10.4. The van der Waals surface area contributed by atoms with Crippen molar-refractivity contribution in [3.63, 3.8) is 0 Å². The van der Waals surface area contributed by atoms with Gasteiger partial charge >= 0.3 is 0 Å². The summed E-state index contributed by atoms with van der Waals surface area (Å²) in [5.74, 6) is -3.99. The molecular weight excluding hydrogens is 360 g/mol. The Bertz CT molecular complexity index is 284. The Morgan fingerprint density at radius 3 is 1.29 bits per heavy atom. The number of halogens is 2. The van der Waals surface area contributed by atoms with Gasteiger partial charge in [0.1, 0.15) is 10.1 Å². The van der Waals surface area contributed by atoms with Gasteiger partial charge in [-0.3, -0.25) is 9.59 Å². The van der Waals surface area contributed by atoms with E-state index in [2.05, 4.69) is 0 Å². The number of aliphatic hydroxyl groups excluding tert-OH is 2. The molecule has 0 aliphatic heterocycles. The minimum absolute atomic E-state index is 0. The zero-order chi connectivity index (χ0) is 9.46. The second-order valence-corrected chi connectivity index (χ2v) is 2.74. The molecule has 1 aliphatic rings. The first kappa shape index (κ1) is 16.9. The summed E-state index contributed by atoms with van der Waals surface area (Å²) in [4.78, 5) is 21.6. The molecule has 1 aliphatic carbocycles. The quantitative estimate of drug-likeness (QED) is 0.464. The normalized spacial score (nSPS) is 16.4. The maximum Gasteiger partial charge on any atom is 0.244 e. The predicted octanol–water partition coefficient (Wildman–Crippen LogP) is -0.0505. The molecule has 5 nitrogen and oxygen atoms in total. The molecule has 0 fully saturated rings. The first-order valence-electron chi connectivity index (χ1n) is 2.73. The molecule has 4 N–H and O–H groups in total. The monoisotopic (exact) mass is 364 g/mol. The number of allylic oxidation sites excluding steroid dienone is 2. The number of ketones is 2. The molecule has 0 aromatic carbocycles. The summed E-state index contributed by atoms with van der Waals surface area (Å²) in [5, 5.41) is 16.3. The molecule has 0 bridgehead atoms. The van der Waals surface area contributed by atoms with Gasteiger partial charge in [-0.2, -0.15) is 0 Å². The first-order valence-corrected chi connectivity index (χ1v) is 3.49. The molecule has 0 aromatic rings. The topological polar surface area (TPSA) is 106 Å². The van der Waals surface area contributed by atoms with Gasteiger partial charge in [-0.25, -0.2) is 0 Å². The van der Waals surface area contributed by atoms with Crippen LogP contribution < -0.4 is 0 Å². The number of hydrogen-bond acceptors (Lipinski definition) is 4. The zero-order valence-electron chi connectivity index (χ0n) is 6.67. The third kappa shape index (κ3) is 2.77. The molecule has 0 saturated carbocycles. The van der Waals surface area contributed by atoms with Crippen LogP contribution in [0.4, 0.5) is 0 Å². The Labute approximate surface area is 129 Å². The number of carbonyl (C=O) groups is 2. The molecule has 2 radical (unpaired) electrons. The Kier molecular flexibility index (Phi) is 7.49. The maximum atomic E-state index is 10.8. The largest absolute Gasteiger partial charge is 0.503 e. The van der Waals surface area contributed by atoms with Crippen molar-refractivity contribution in [1.29, 1.82) is 0 Å². The Morgan fingerprint density at radius 1 is 0.857 bits per heavy atom. The summed E-state index contributed by atoms with van der Waals surface area (Å²) in [6.45, 7) is 0. The van der Waals surface area contributed by atoms with Crippen LogP contribution in [0.2, 0.25) is 0 Å². The molecule has 0 amide bonds. The standard InChI is InChI=1S/C6H2Cl2O4.Ba.H2O/c7-1-3(9)5(11)2(8)6(12)4(1)10;;/h9,12H;;1H2. The summed E-state index contributed by atoms with van der Waals surface area (Å²) in [6, 6.07) is 0. The van der Waals surface area contributed by atoms with Crippen LogP contribution >= 0.6 is 23.2 Å². The molecule has 0 saturated heterocycles. The van der Waals surface area contributed by atoms with E-state index in [1.165, 1.54) is 0 Å². The van der Waals surface area contributed by atoms with Crippen LogP contribution in [0.25, 0.3) is 0 Å². The summed E-state index contributed by atoms with van der Waals surface area (Å²) in [7, 11) is 0. The predicted molar refractivity (Wildman–Crippen MR) is 50.4 cm³/mol. The van der Waals surface area contributed by atoms with Crippen molar-refractivity contribution < 1.29 is 25.3 Å². The average Bonchev–Trinajstić information content (AvgIpc) is 2.08. The van der Waals surface area contributed by atoms with Crippen molar-refractivity contribution in [2.75, 3.05) is 0 Å². The molecule has 0 unspecified atom stereocenters. The smallest absolute Gasteiger partial charge is 0.244 e. The second kappa shape index (κ2) is 6.19. The number of Topliss-reactive ketones (excluding diaryl/α,β-unsaturated/α-hetero) is 2. The van der Waals surface area contributed by atoms with Crippen molar-refractivity contribution in [3.05, 3.63) is 21.6 Å². The van der Waals surface area contributed by atoms with E-state index in [1.54, 1.807) is 0 Å². The third-order valence-electron chi connectivity index (χ3n) is 1.24. The third-order valence-corrected chi connectivity index (χ3v) is 1.95. The number of aliphatic hydroxyl groups is 2. The van der Waals surface area contributed by atoms with Gasteiger partial charge in [-0.05, 0) is 0 Å². The van der Waals surface area contributed by atoms with E-state index in [-0.39, 0.29) is 54.4 Å². The molecule has 1 rings (SSSR count). The summed E-state index contributed by atoms with van der Waals surface area (Å²) in [6.07, 6.45) is 0. The van der Waals surface area contributed by atoms with Crippen molar-refractivity contribution in [2.24, 2.45) is 0 Å². The minimum atomic E-state index is -1.06. The SMILES string of the molecule is O.O=C1C(O)=C(Cl)C(=O)C(O)=C1Cl.[Ba]. The number of carbonyl (C=O) groups excluding carboxylic acids is 2. The van der Waals surface area contributed by atoms with E-state index in [9.17, 15) is 9.59 Å². The van der Waals surface area contributed by atoms with E-state index in [0.29, 0.717) is 0 Å². The van der Waals surface area contributed by atoms with E-state index in [4.69, 9.17) is 33.4 Å². The fraction of sp³-hybridized carbons (Fsp3) is 0. The Morgan fingerprint density at radius 2 is 1.07 bits per heavy atom. The van der Waals surface area contributed by atoms with Gasteiger partial charge in [0.15, 0.2) is 11.5 Å². The van der Waals surface area contributed by atoms with Crippen LogP contribution in [0.1, 0.15) is 0 Å². The number of hydrogen-bond donors (Lipinski definition) is 2. The fourth-order valence-corrected chi connectivity index (χ4v) is 0.973. The molecule has 0 atom stereocenters. The van der Waals surface area contributed by atoms with E-state index in [1.807, 2.05) is 0 Å². The van der Waals surface area contributed by atoms with Crippen LogP contribution in [-0.2, 0) is 9.59 Å². The van der Waals surface area contributed by atoms with Gasteiger partial charge in [-0.15, -0.1) is 0 Å². The van der Waals surface area contributed by atoms with Gasteiger partial charge in [0.05, 0.1) is 0 Å². The van der Waals surface area contributed by atoms with Crippen molar-refractivity contribution >= 4 is 83.6 Å². The Balaban J connectivity index is 0. The molecule has 74 valence electrons. The fourth-order valence-electron chi connectivity index (χ4n) is 0.622. The van der Waals surface area contributed by atoms with E-state index in [0.717, 1.165) is 0 Å². The van der Waals surface area contributed by atoms with E-state index >= 15 is 0 Å². The minimum Gasteiger partial charge on any atom is -0.503 e. The van der Waals surface area contributed by atoms with Crippen LogP contribution in [-0.4, -0.2) is 76.1 Å². The Hall–Kier alpha value is 0.531. The average molecular weight is 364 g/mol. The van der Waals surface area contributed by atoms with Crippen LogP contribution in [0, 0.1) is 0 Å². The van der Waals surface area contributed by atoms with Gasteiger partial charge in [0.25, 0.3) is 0 Å². The molecule has 0 aromatic heterocycles. The van der Waals surface area contributed by atoms with Crippen LogP contribution in [0.15, 0.2) is 21.6 Å². The number of rotatable bonds is 0. The van der Waals surface area contributed by atoms with Crippen molar-refractivity contribution in [3.8, 4) is 0 Å². The molecule has 0 heterocycles. The molecule has 8 heteroatoms. The molecule has 14 heavy (non-hydrogen) atoms. The van der Waals surface area contributed by atoms with Gasteiger partial charge in [0, 0.05) is 48.9 Å². The zero-order valence-corrected chi connectivity index (χ0v) is 12.6. The molecular formula is C6H4BaCl2O5. The molecule has 0 spiro atoms. The van der Waals surface area contributed by atoms with Gasteiger partial charge in [0.2, 0.25) is 11.6 Å². The van der Waals surface area contributed by atoms with Crippen molar-refractivity contribution in [2.45, 2.75) is 0 Å². The van der Waals surface area contributed by atoms with Gasteiger partial charge < -0.3 is 15.7 Å². The van der Waals surface area contributed by atoms with Crippen LogP contribution in [0.3, 0.4) is 0 Å². The summed E-state index contributed by atoms with van der Waals surface area (Å²) < 4.78 is 0. The first-order chi connectivity index (χ1) is 5.46.